The van der Waals surface area contributed by atoms with E-state index in [4.69, 9.17) is 8.83 Å². The Bertz CT molecular complexity index is 6390. The van der Waals surface area contributed by atoms with Gasteiger partial charge in [-0.25, -0.2) is 0 Å². The molecule has 20 rings (SSSR count). The number of benzene rings is 16. The summed E-state index contributed by atoms with van der Waals surface area (Å²) in [7, 11) is 0. The number of furan rings is 2. The van der Waals surface area contributed by atoms with Gasteiger partial charge in [-0.3, -0.25) is 0 Å². The molecule has 2 heterocycles. The lowest BCUT2D eigenvalue weighted by Crippen LogP contribution is -2.15. The van der Waals surface area contributed by atoms with Gasteiger partial charge < -0.3 is 18.6 Å². The second-order valence-corrected chi connectivity index (χ2v) is 29.2. The molecule has 0 unspecified atom stereocenters. The Balaban J connectivity index is 0.000000142. The first-order valence-electron chi connectivity index (χ1n) is 35.5. The normalized spacial score (nSPS) is 13.1. The summed E-state index contributed by atoms with van der Waals surface area (Å²) in [5.74, 6) is 0. The summed E-state index contributed by atoms with van der Waals surface area (Å²) in [6.07, 6.45) is 0. The van der Waals surface area contributed by atoms with E-state index in [0.29, 0.717) is 0 Å². The summed E-state index contributed by atoms with van der Waals surface area (Å²) in [5, 5.41) is 9.08. The van der Waals surface area contributed by atoms with Crippen molar-refractivity contribution in [1.29, 1.82) is 0 Å². The first kappa shape index (κ1) is 61.8. The number of anilines is 6. The second kappa shape index (κ2) is 24.5. The highest BCUT2D eigenvalue weighted by Crippen LogP contribution is 2.55. The van der Waals surface area contributed by atoms with Gasteiger partial charge in [0.15, 0.2) is 11.2 Å². The van der Waals surface area contributed by atoms with Crippen LogP contribution in [0.15, 0.2) is 359 Å². The maximum absolute atomic E-state index is 7.07. The van der Waals surface area contributed by atoms with Crippen LogP contribution in [-0.2, 0) is 10.8 Å². The minimum absolute atomic E-state index is 0.0742. The zero-order chi connectivity index (χ0) is 69.1. The van der Waals surface area contributed by atoms with Crippen LogP contribution in [0.5, 0.6) is 0 Å². The molecule has 4 nitrogen and oxygen atoms in total. The third-order valence-electron chi connectivity index (χ3n) is 21.8. The fourth-order valence-corrected chi connectivity index (χ4v) is 17.3. The maximum atomic E-state index is 7.07. The fraction of sp³-hybridized carbons (Fsp3) is 0.0612. The average Bonchev–Trinajstić information content (AvgIpc) is 1.57. The molecular formula is C98H69BrN2O2. The quantitative estimate of drug-likeness (QED) is 0.137. The van der Waals surface area contributed by atoms with Gasteiger partial charge in [0.2, 0.25) is 0 Å². The van der Waals surface area contributed by atoms with Crippen molar-refractivity contribution in [2.45, 2.75) is 38.5 Å². The molecule has 0 N–H and O–H groups in total. The predicted molar refractivity (Wildman–Crippen MR) is 436 cm³/mol. The van der Waals surface area contributed by atoms with E-state index < -0.39 is 0 Å². The smallest absolute Gasteiger partial charge is 0.159 e. The molecule has 18 aromatic rings. The molecule has 0 atom stereocenters. The minimum Gasteiger partial charge on any atom is -0.453 e. The van der Waals surface area contributed by atoms with Gasteiger partial charge in [-0.15, -0.1) is 0 Å². The molecule has 0 fully saturated rings. The zero-order valence-corrected chi connectivity index (χ0v) is 59.1. The Hall–Kier alpha value is -12.3. The van der Waals surface area contributed by atoms with Gasteiger partial charge in [0.05, 0.1) is 22.7 Å². The van der Waals surface area contributed by atoms with Crippen LogP contribution in [0, 0.1) is 0 Å². The summed E-state index contributed by atoms with van der Waals surface area (Å²) in [6.45, 7) is 9.34. The Morgan fingerprint density at radius 3 is 1.13 bits per heavy atom. The molecule has 0 amide bonds. The van der Waals surface area contributed by atoms with Crippen LogP contribution in [0.4, 0.5) is 34.1 Å². The van der Waals surface area contributed by atoms with Gasteiger partial charge >= 0.3 is 0 Å². The molecule has 2 aromatic heterocycles. The second-order valence-electron chi connectivity index (χ2n) is 28.4. The summed E-state index contributed by atoms with van der Waals surface area (Å²) in [6, 6.07) is 125. The monoisotopic (exact) mass is 1380 g/mol. The molecule has 2 aliphatic rings. The number of halogens is 1. The summed E-state index contributed by atoms with van der Waals surface area (Å²) in [4.78, 5) is 4.81. The van der Waals surface area contributed by atoms with Crippen molar-refractivity contribution in [3.63, 3.8) is 0 Å². The number of nitrogens with zero attached hydrogens (tertiary/aromatic N) is 2. The first-order valence-corrected chi connectivity index (χ1v) is 36.3. The van der Waals surface area contributed by atoms with Crippen LogP contribution in [0.2, 0.25) is 0 Å². The topological polar surface area (TPSA) is 32.8 Å². The van der Waals surface area contributed by atoms with E-state index in [1.807, 2.05) is 0 Å². The number of hydrogen-bond acceptors (Lipinski definition) is 4. The molecule has 0 saturated carbocycles. The van der Waals surface area contributed by atoms with Crippen LogP contribution in [-0.4, -0.2) is 0 Å². The Kier molecular flexibility index (Phi) is 14.7. The van der Waals surface area contributed by atoms with Gasteiger partial charge in [-0.05, 0) is 161 Å². The highest BCUT2D eigenvalue weighted by Gasteiger charge is 2.38. The fourth-order valence-electron chi connectivity index (χ4n) is 16.7. The van der Waals surface area contributed by atoms with E-state index >= 15 is 0 Å². The number of rotatable bonds is 10. The molecule has 16 aromatic carbocycles. The molecule has 0 radical (unpaired) electrons. The van der Waals surface area contributed by atoms with Crippen molar-refractivity contribution < 1.29 is 8.83 Å². The molecule has 103 heavy (non-hydrogen) atoms. The predicted octanol–water partition coefficient (Wildman–Crippen LogP) is 28.5. The van der Waals surface area contributed by atoms with Crippen molar-refractivity contribution in [1.82, 2.24) is 0 Å². The SMILES string of the molecule is CC1(C)c2ccccc2-c2cc(N(c3cccc4cc(-c5ccccc5)ccc34)c3cccc4c3oc3c(-c5ccccc5)ccc(Br)c34)ccc21.CC1(C)c2ccccc2-c2cc(N(c3cccc4cc(-c5ccccc5)ccc34)c3cccc4c3oc3c(-c5ccccc5)cccc34)ccc21. The van der Waals surface area contributed by atoms with Crippen LogP contribution in [0.3, 0.4) is 0 Å². The molecule has 0 spiro atoms. The molecule has 0 aliphatic heterocycles. The van der Waals surface area contributed by atoms with Gasteiger partial charge in [-0.2, -0.15) is 0 Å². The van der Waals surface area contributed by atoms with Crippen LogP contribution >= 0.6 is 15.9 Å². The molecule has 0 saturated heterocycles. The Labute approximate surface area is 607 Å². The van der Waals surface area contributed by atoms with Crippen molar-refractivity contribution >= 4 is 115 Å². The third-order valence-corrected chi connectivity index (χ3v) is 22.5. The number of hydrogen-bond donors (Lipinski definition) is 0. The molecule has 0 bridgehead atoms. The van der Waals surface area contributed by atoms with E-state index in [-0.39, 0.29) is 10.8 Å². The lowest BCUT2D eigenvalue weighted by Gasteiger charge is -2.28. The average molecular weight is 1390 g/mol. The highest BCUT2D eigenvalue weighted by atomic mass is 79.9. The van der Waals surface area contributed by atoms with Crippen LogP contribution in [0.1, 0.15) is 49.9 Å². The van der Waals surface area contributed by atoms with Gasteiger partial charge in [-0.1, -0.05) is 317 Å². The van der Waals surface area contributed by atoms with Crippen molar-refractivity contribution in [3.8, 4) is 66.8 Å². The van der Waals surface area contributed by atoms with E-state index in [1.165, 1.54) is 88.3 Å². The molecule has 2 aliphatic carbocycles. The van der Waals surface area contributed by atoms with E-state index in [9.17, 15) is 0 Å². The first-order chi connectivity index (χ1) is 50.5. The lowest BCUT2D eigenvalue weighted by molar-refractivity contribution is 0.660. The van der Waals surface area contributed by atoms with Crippen molar-refractivity contribution in [3.05, 3.63) is 373 Å². The van der Waals surface area contributed by atoms with Crippen LogP contribution < -0.4 is 9.80 Å². The van der Waals surface area contributed by atoms with Crippen molar-refractivity contribution in [2.75, 3.05) is 9.80 Å². The van der Waals surface area contributed by atoms with E-state index in [1.54, 1.807) is 0 Å². The lowest BCUT2D eigenvalue weighted by atomic mass is 9.82. The minimum atomic E-state index is -0.0819. The summed E-state index contributed by atoms with van der Waals surface area (Å²) >= 11 is 3.90. The van der Waals surface area contributed by atoms with Crippen LogP contribution in [0.25, 0.3) is 132 Å². The molecule has 5 heteroatoms. The Morgan fingerprint density at radius 1 is 0.243 bits per heavy atom. The number of fused-ring (bicyclic) bond motifs is 14. The Morgan fingerprint density at radius 2 is 0.621 bits per heavy atom. The largest absolute Gasteiger partial charge is 0.453 e. The number of para-hydroxylation sites is 3. The van der Waals surface area contributed by atoms with E-state index in [2.05, 4.69) is 399 Å². The van der Waals surface area contributed by atoms with E-state index in [0.717, 1.165) is 105 Å². The summed E-state index contributed by atoms with van der Waals surface area (Å²) < 4.78 is 15.1. The van der Waals surface area contributed by atoms with Gasteiger partial charge in [0, 0.05) is 70.1 Å². The molecular weight excluding hydrogens is 1320 g/mol. The zero-order valence-electron chi connectivity index (χ0n) is 57.5. The highest BCUT2D eigenvalue weighted by molar-refractivity contribution is 9.10. The van der Waals surface area contributed by atoms with Crippen molar-refractivity contribution in [2.24, 2.45) is 0 Å². The van der Waals surface area contributed by atoms with Gasteiger partial charge in [0.25, 0.3) is 0 Å². The standard InChI is InChI=1S/C49H34BrNO.C49H35NO/c1-49(2)41-20-10-9-18-38(41)40-30-35(24-27-42(40)49)51(44-21-11-17-34-29-33(23-25-36(34)44)31-13-5-3-6-14-31)45-22-12-19-39-46-43(50)28-26-37(48(46)52-47(39)45)32-15-7-4-8-16-32;1-49(2)43-23-10-9-19-39(43)42-31-36(27-29-44(42)49)50(45-24-11-18-35-30-34(26-28-37(35)45)32-14-5-3-6-15-32)46-25-13-22-41-40-21-12-20-38(47(40)51-48(41)46)33-16-7-4-8-17-33/h3-30H,1-2H3;3-31H,1-2H3. The summed E-state index contributed by atoms with van der Waals surface area (Å²) in [5.41, 5.74) is 29.6. The molecule has 490 valence electrons. The maximum Gasteiger partial charge on any atom is 0.159 e. The van der Waals surface area contributed by atoms with Gasteiger partial charge in [0.1, 0.15) is 11.2 Å². The third kappa shape index (κ3) is 10.2.